The van der Waals surface area contributed by atoms with Crippen molar-refractivity contribution >= 4 is 29.3 Å². The fourth-order valence-corrected chi connectivity index (χ4v) is 4.51. The highest BCUT2D eigenvalue weighted by atomic mass is 32.2. The van der Waals surface area contributed by atoms with Gasteiger partial charge in [0.1, 0.15) is 6.04 Å². The third-order valence-electron chi connectivity index (χ3n) is 4.77. The number of benzene rings is 1. The van der Waals surface area contributed by atoms with E-state index in [2.05, 4.69) is 13.8 Å². The van der Waals surface area contributed by atoms with Gasteiger partial charge in [-0.1, -0.05) is 25.1 Å². The van der Waals surface area contributed by atoms with Crippen molar-refractivity contribution < 1.29 is 9.59 Å². The topological polar surface area (TPSA) is 40.6 Å². The number of para-hydroxylation sites is 1. The summed E-state index contributed by atoms with van der Waals surface area (Å²) < 4.78 is 0. The molecule has 0 aromatic heterocycles. The van der Waals surface area contributed by atoms with Crippen LogP contribution in [0.3, 0.4) is 0 Å². The Balaban J connectivity index is 1.88. The largest absolute Gasteiger partial charge is 0.336 e. The van der Waals surface area contributed by atoms with E-state index in [-0.39, 0.29) is 23.9 Å². The molecule has 2 heterocycles. The van der Waals surface area contributed by atoms with Crippen LogP contribution in [0.25, 0.3) is 0 Å². The predicted octanol–water partition coefficient (Wildman–Crippen LogP) is 2.32. The molecule has 2 amide bonds. The molecule has 0 radical (unpaired) electrons. The van der Waals surface area contributed by atoms with E-state index in [1.807, 2.05) is 40.9 Å². The standard InChI is InChI=1S/C17H22N2O2S/c1-11-12(2)22-9-8-18(11)17(21)16-10-14-6-4-5-7-15(14)19(16)13(3)20/h4-7,11-12,16H,8-10H2,1-3H3/t11?,12?,16-/m0/s1. The fraction of sp³-hybridized carbons (Fsp3) is 0.529. The molecule has 3 atom stereocenters. The molecular formula is C17H22N2O2S. The summed E-state index contributed by atoms with van der Waals surface area (Å²) >= 11 is 1.91. The van der Waals surface area contributed by atoms with Crippen LogP contribution in [0.15, 0.2) is 24.3 Å². The normalized spacial score (nSPS) is 27.7. The summed E-state index contributed by atoms with van der Waals surface area (Å²) in [6.07, 6.45) is 0.624. The van der Waals surface area contributed by atoms with E-state index in [9.17, 15) is 9.59 Å². The number of carbonyl (C=O) groups excluding carboxylic acids is 2. The van der Waals surface area contributed by atoms with Gasteiger partial charge in [0, 0.05) is 42.6 Å². The van der Waals surface area contributed by atoms with Gasteiger partial charge in [-0.3, -0.25) is 14.5 Å². The lowest BCUT2D eigenvalue weighted by molar-refractivity contribution is -0.135. The average Bonchev–Trinajstić information content (AvgIpc) is 2.89. The highest BCUT2D eigenvalue weighted by Crippen LogP contribution is 2.34. The second-order valence-electron chi connectivity index (χ2n) is 6.09. The number of hydrogen-bond donors (Lipinski definition) is 0. The molecule has 1 saturated heterocycles. The summed E-state index contributed by atoms with van der Waals surface area (Å²) in [5.74, 6) is 0.998. The van der Waals surface area contributed by atoms with Crippen molar-refractivity contribution in [2.45, 2.75) is 44.5 Å². The number of rotatable bonds is 1. The highest BCUT2D eigenvalue weighted by Gasteiger charge is 2.41. The van der Waals surface area contributed by atoms with Crippen LogP contribution in [-0.4, -0.2) is 46.3 Å². The minimum Gasteiger partial charge on any atom is -0.336 e. The zero-order valence-corrected chi connectivity index (χ0v) is 14.1. The minimum atomic E-state index is -0.382. The van der Waals surface area contributed by atoms with Crippen LogP contribution in [0.5, 0.6) is 0 Å². The summed E-state index contributed by atoms with van der Waals surface area (Å²) in [6, 6.07) is 7.66. The zero-order chi connectivity index (χ0) is 15.9. The van der Waals surface area contributed by atoms with Crippen molar-refractivity contribution in [1.29, 1.82) is 0 Å². The molecule has 2 unspecified atom stereocenters. The lowest BCUT2D eigenvalue weighted by Gasteiger charge is -2.40. The van der Waals surface area contributed by atoms with Crippen LogP contribution in [0.1, 0.15) is 26.3 Å². The van der Waals surface area contributed by atoms with Gasteiger partial charge in [0.15, 0.2) is 0 Å². The first kappa shape index (κ1) is 15.4. The maximum absolute atomic E-state index is 13.1. The Hall–Kier alpha value is -1.49. The van der Waals surface area contributed by atoms with E-state index < -0.39 is 0 Å². The van der Waals surface area contributed by atoms with Crippen LogP contribution < -0.4 is 4.90 Å². The Morgan fingerprint density at radius 1 is 1.23 bits per heavy atom. The summed E-state index contributed by atoms with van der Waals surface area (Å²) in [5, 5.41) is 0.437. The van der Waals surface area contributed by atoms with Gasteiger partial charge < -0.3 is 4.90 Å². The Morgan fingerprint density at radius 2 is 1.95 bits per heavy atom. The van der Waals surface area contributed by atoms with E-state index in [1.165, 1.54) is 0 Å². The summed E-state index contributed by atoms with van der Waals surface area (Å²) in [7, 11) is 0. The van der Waals surface area contributed by atoms with Crippen molar-refractivity contribution in [1.82, 2.24) is 4.90 Å². The van der Waals surface area contributed by atoms with Crippen LogP contribution in [0.4, 0.5) is 5.69 Å². The third-order valence-corrected chi connectivity index (χ3v) is 6.11. The molecule has 3 rings (SSSR count). The monoisotopic (exact) mass is 318 g/mol. The predicted molar refractivity (Wildman–Crippen MR) is 90.2 cm³/mol. The molecule has 4 nitrogen and oxygen atoms in total. The lowest BCUT2D eigenvalue weighted by Crippen LogP contribution is -2.55. The quantitative estimate of drug-likeness (QED) is 0.798. The van der Waals surface area contributed by atoms with Gasteiger partial charge in [0.05, 0.1) is 0 Å². The Morgan fingerprint density at radius 3 is 2.68 bits per heavy atom. The maximum atomic E-state index is 13.1. The maximum Gasteiger partial charge on any atom is 0.246 e. The van der Waals surface area contributed by atoms with Gasteiger partial charge in [-0.05, 0) is 18.6 Å². The van der Waals surface area contributed by atoms with Crippen molar-refractivity contribution in [2.24, 2.45) is 0 Å². The third kappa shape index (κ3) is 2.51. The molecular weight excluding hydrogens is 296 g/mol. The summed E-state index contributed by atoms with van der Waals surface area (Å²) in [4.78, 5) is 28.8. The molecule has 0 spiro atoms. The molecule has 0 bridgehead atoms. The first-order valence-corrected chi connectivity index (χ1v) is 8.85. The Bertz CT molecular complexity index is 604. The van der Waals surface area contributed by atoms with E-state index >= 15 is 0 Å². The Labute approximate surface area is 135 Å². The first-order chi connectivity index (χ1) is 10.5. The molecule has 1 aromatic carbocycles. The lowest BCUT2D eigenvalue weighted by atomic mass is 10.1. The number of amides is 2. The van der Waals surface area contributed by atoms with E-state index in [0.717, 1.165) is 23.5 Å². The molecule has 118 valence electrons. The van der Waals surface area contributed by atoms with E-state index in [4.69, 9.17) is 0 Å². The van der Waals surface area contributed by atoms with Crippen molar-refractivity contribution in [2.75, 3.05) is 17.2 Å². The summed E-state index contributed by atoms with van der Waals surface area (Å²) in [5.41, 5.74) is 1.98. The summed E-state index contributed by atoms with van der Waals surface area (Å²) in [6.45, 7) is 6.59. The minimum absolute atomic E-state index is 0.0598. The zero-order valence-electron chi connectivity index (χ0n) is 13.3. The van der Waals surface area contributed by atoms with Gasteiger partial charge in [-0.2, -0.15) is 11.8 Å². The SMILES string of the molecule is CC(=O)N1c2ccccc2C[C@H]1C(=O)N1CCSC(C)C1C. The molecule has 2 aliphatic rings. The van der Waals surface area contributed by atoms with Gasteiger partial charge in [-0.25, -0.2) is 0 Å². The number of anilines is 1. The molecule has 0 aliphatic carbocycles. The van der Waals surface area contributed by atoms with Crippen LogP contribution in [0.2, 0.25) is 0 Å². The van der Waals surface area contributed by atoms with Crippen LogP contribution >= 0.6 is 11.8 Å². The molecule has 0 saturated carbocycles. The molecule has 0 N–H and O–H groups in total. The van der Waals surface area contributed by atoms with Crippen LogP contribution in [0, 0.1) is 0 Å². The molecule has 2 aliphatic heterocycles. The Kier molecular flexibility index (Phi) is 4.17. The number of hydrogen-bond acceptors (Lipinski definition) is 3. The highest BCUT2D eigenvalue weighted by molar-refractivity contribution is 8.00. The van der Waals surface area contributed by atoms with Gasteiger partial charge >= 0.3 is 0 Å². The molecule has 1 aromatic rings. The molecule has 1 fully saturated rings. The molecule has 5 heteroatoms. The van der Waals surface area contributed by atoms with E-state index in [1.54, 1.807) is 11.8 Å². The number of carbonyl (C=O) groups is 2. The number of thioether (sulfide) groups is 1. The fourth-order valence-electron chi connectivity index (χ4n) is 3.41. The van der Waals surface area contributed by atoms with Crippen molar-refractivity contribution in [3.8, 4) is 0 Å². The smallest absolute Gasteiger partial charge is 0.246 e. The van der Waals surface area contributed by atoms with Gasteiger partial charge in [-0.15, -0.1) is 0 Å². The van der Waals surface area contributed by atoms with Gasteiger partial charge in [0.2, 0.25) is 11.8 Å². The second kappa shape index (κ2) is 5.95. The number of nitrogens with zero attached hydrogens (tertiary/aromatic N) is 2. The second-order valence-corrected chi connectivity index (χ2v) is 7.57. The average molecular weight is 318 g/mol. The number of fused-ring (bicyclic) bond motifs is 1. The van der Waals surface area contributed by atoms with Crippen molar-refractivity contribution in [3.63, 3.8) is 0 Å². The van der Waals surface area contributed by atoms with E-state index in [0.29, 0.717) is 11.7 Å². The van der Waals surface area contributed by atoms with Crippen molar-refractivity contribution in [3.05, 3.63) is 29.8 Å². The first-order valence-electron chi connectivity index (χ1n) is 7.80. The van der Waals surface area contributed by atoms with Crippen LogP contribution in [-0.2, 0) is 16.0 Å². The van der Waals surface area contributed by atoms with Gasteiger partial charge in [0.25, 0.3) is 0 Å². The molecule has 22 heavy (non-hydrogen) atoms.